The molecule has 2 aromatic carbocycles. The van der Waals surface area contributed by atoms with E-state index in [0.29, 0.717) is 27.2 Å². The Kier molecular flexibility index (Phi) is 6.84. The van der Waals surface area contributed by atoms with Crippen LogP contribution in [0.15, 0.2) is 42.5 Å². The van der Waals surface area contributed by atoms with Crippen LogP contribution in [0.3, 0.4) is 0 Å². The molecule has 0 bridgehead atoms. The van der Waals surface area contributed by atoms with Crippen LogP contribution in [-0.4, -0.2) is 36.5 Å². The molecule has 1 heterocycles. The summed E-state index contributed by atoms with van der Waals surface area (Å²) in [7, 11) is 0. The summed E-state index contributed by atoms with van der Waals surface area (Å²) in [6.45, 7) is 3.21. The molecule has 2 atom stereocenters. The maximum Gasteiger partial charge on any atom is 0.308 e. The van der Waals surface area contributed by atoms with Crippen LogP contribution in [0.5, 0.6) is 5.75 Å². The Morgan fingerprint density at radius 1 is 1.23 bits per heavy atom. The first-order valence-corrected chi connectivity index (χ1v) is 10.0. The van der Waals surface area contributed by atoms with Gasteiger partial charge in [0.15, 0.2) is 12.2 Å². The first-order valence-electron chi connectivity index (χ1n) is 9.28. The molecule has 3 rings (SSSR count). The Balaban J connectivity index is 1.57. The predicted molar refractivity (Wildman–Crippen MR) is 114 cm³/mol. The van der Waals surface area contributed by atoms with Crippen molar-refractivity contribution >= 4 is 52.4 Å². The van der Waals surface area contributed by atoms with E-state index in [1.807, 2.05) is 0 Å². The summed E-state index contributed by atoms with van der Waals surface area (Å²) in [5.74, 6) is -0.833. The lowest BCUT2D eigenvalue weighted by atomic mass is 10.2. The maximum absolute atomic E-state index is 12.5. The minimum Gasteiger partial charge on any atom is -0.479 e. The average molecular weight is 451 g/mol. The molecule has 0 saturated carbocycles. The van der Waals surface area contributed by atoms with Gasteiger partial charge in [-0.05, 0) is 44.2 Å². The number of anilines is 2. The number of benzene rings is 2. The normalized spacial score (nSPS) is 16.3. The van der Waals surface area contributed by atoms with Crippen LogP contribution in [0.2, 0.25) is 10.0 Å². The summed E-state index contributed by atoms with van der Waals surface area (Å²) < 4.78 is 10.8. The first kappa shape index (κ1) is 21.9. The van der Waals surface area contributed by atoms with E-state index in [1.165, 1.54) is 17.9 Å². The summed E-state index contributed by atoms with van der Waals surface area (Å²) in [4.78, 5) is 38.5. The van der Waals surface area contributed by atoms with Crippen molar-refractivity contribution in [1.82, 2.24) is 0 Å². The third kappa shape index (κ3) is 5.04. The number of carbonyl (C=O) groups is 3. The van der Waals surface area contributed by atoms with Crippen LogP contribution >= 0.6 is 23.2 Å². The van der Waals surface area contributed by atoms with E-state index in [4.69, 9.17) is 32.7 Å². The fourth-order valence-electron chi connectivity index (χ4n) is 2.93. The van der Waals surface area contributed by atoms with E-state index >= 15 is 0 Å². The van der Waals surface area contributed by atoms with Gasteiger partial charge in [-0.15, -0.1) is 0 Å². The highest BCUT2D eigenvalue weighted by Crippen LogP contribution is 2.33. The molecule has 1 N–H and O–H groups in total. The number of halogens is 2. The number of ether oxygens (including phenoxy) is 2. The third-order valence-electron chi connectivity index (χ3n) is 4.48. The summed E-state index contributed by atoms with van der Waals surface area (Å²) in [5, 5.41) is 3.29. The van der Waals surface area contributed by atoms with Crippen LogP contribution < -0.4 is 15.0 Å². The lowest BCUT2D eigenvalue weighted by Crippen LogP contribution is -2.45. The highest BCUT2D eigenvalue weighted by atomic mass is 35.5. The van der Waals surface area contributed by atoms with Crippen molar-refractivity contribution in [3.05, 3.63) is 52.5 Å². The number of hydrogen-bond acceptors (Lipinski definition) is 5. The number of hydrogen-bond donors (Lipinski definition) is 1. The van der Waals surface area contributed by atoms with Crippen LogP contribution in [0.25, 0.3) is 0 Å². The molecular weight excluding hydrogens is 431 g/mol. The van der Waals surface area contributed by atoms with Crippen LogP contribution in [0, 0.1) is 0 Å². The second-order valence-electron chi connectivity index (χ2n) is 6.71. The number of carbonyl (C=O) groups excluding carboxylic acids is 3. The molecule has 0 saturated heterocycles. The van der Waals surface area contributed by atoms with Gasteiger partial charge in [0.1, 0.15) is 5.75 Å². The molecule has 1 aliphatic heterocycles. The van der Waals surface area contributed by atoms with Crippen molar-refractivity contribution in [3.8, 4) is 5.75 Å². The first-order chi connectivity index (χ1) is 14.3. The molecule has 2 amide bonds. The average Bonchev–Trinajstić information content (AvgIpc) is 2.71. The van der Waals surface area contributed by atoms with Crippen molar-refractivity contribution in [2.24, 2.45) is 0 Å². The van der Waals surface area contributed by atoms with Gasteiger partial charge >= 0.3 is 5.97 Å². The number of esters is 1. The van der Waals surface area contributed by atoms with Crippen molar-refractivity contribution in [2.45, 2.75) is 32.5 Å². The number of para-hydroxylation sites is 2. The Hall–Kier alpha value is -2.77. The molecule has 30 heavy (non-hydrogen) atoms. The lowest BCUT2D eigenvalue weighted by Gasteiger charge is -2.32. The van der Waals surface area contributed by atoms with Gasteiger partial charge in [-0.2, -0.15) is 0 Å². The fourth-order valence-corrected chi connectivity index (χ4v) is 3.27. The molecule has 0 aromatic heterocycles. The van der Waals surface area contributed by atoms with Crippen molar-refractivity contribution < 1.29 is 23.9 Å². The third-order valence-corrected chi connectivity index (χ3v) is 5.04. The van der Waals surface area contributed by atoms with Crippen molar-refractivity contribution in [2.75, 3.05) is 16.8 Å². The molecule has 7 nitrogen and oxygen atoms in total. The molecule has 2 unspecified atom stereocenters. The van der Waals surface area contributed by atoms with Crippen molar-refractivity contribution in [3.63, 3.8) is 0 Å². The standard InChI is InChI=1S/C21H20Cl2N2O5/c1-12(20(27)24-16-11-14(22)7-8-15(16)23)30-19(26)9-10-25-17-5-3-4-6-18(17)29-13(2)21(25)28/h3-8,11-13H,9-10H2,1-2H3,(H,24,27). The zero-order valence-corrected chi connectivity index (χ0v) is 17.9. The van der Waals surface area contributed by atoms with Crippen molar-refractivity contribution in [1.29, 1.82) is 0 Å². The molecule has 9 heteroatoms. The fraction of sp³-hybridized carbons (Fsp3) is 0.286. The van der Waals surface area contributed by atoms with Crippen LogP contribution in [0.4, 0.5) is 11.4 Å². The van der Waals surface area contributed by atoms with Gasteiger partial charge in [-0.1, -0.05) is 35.3 Å². The molecule has 0 aliphatic carbocycles. The number of rotatable bonds is 6. The molecule has 158 valence electrons. The minimum absolute atomic E-state index is 0.0810. The van der Waals surface area contributed by atoms with Gasteiger partial charge in [0.05, 0.1) is 22.8 Å². The zero-order valence-electron chi connectivity index (χ0n) is 16.4. The monoisotopic (exact) mass is 450 g/mol. The Morgan fingerprint density at radius 3 is 2.73 bits per heavy atom. The molecule has 0 spiro atoms. The van der Waals surface area contributed by atoms with E-state index in [2.05, 4.69) is 5.32 Å². The maximum atomic E-state index is 12.5. The van der Waals surface area contributed by atoms with Crippen LogP contribution in [0.1, 0.15) is 20.3 Å². The zero-order chi connectivity index (χ0) is 21.8. The van der Waals surface area contributed by atoms with Gasteiger partial charge < -0.3 is 19.7 Å². The van der Waals surface area contributed by atoms with Gasteiger partial charge in [-0.25, -0.2) is 0 Å². The van der Waals surface area contributed by atoms with Gasteiger partial charge in [0.2, 0.25) is 0 Å². The number of amides is 2. The van der Waals surface area contributed by atoms with E-state index < -0.39 is 24.1 Å². The summed E-state index contributed by atoms with van der Waals surface area (Å²) in [6, 6.07) is 11.7. The summed E-state index contributed by atoms with van der Waals surface area (Å²) in [6.07, 6.45) is -1.79. The number of nitrogens with zero attached hydrogens (tertiary/aromatic N) is 1. The topological polar surface area (TPSA) is 84.9 Å². The smallest absolute Gasteiger partial charge is 0.308 e. The van der Waals surface area contributed by atoms with Crippen LogP contribution in [-0.2, 0) is 19.1 Å². The highest BCUT2D eigenvalue weighted by Gasteiger charge is 2.31. The molecule has 0 fully saturated rings. The Morgan fingerprint density at radius 2 is 1.97 bits per heavy atom. The SMILES string of the molecule is CC(OC(=O)CCN1C(=O)C(C)Oc2ccccc21)C(=O)Nc1cc(Cl)ccc1Cl. The largest absolute Gasteiger partial charge is 0.479 e. The Bertz CT molecular complexity index is 982. The summed E-state index contributed by atoms with van der Waals surface area (Å²) >= 11 is 11.9. The van der Waals surface area contributed by atoms with E-state index in [1.54, 1.807) is 43.3 Å². The highest BCUT2D eigenvalue weighted by molar-refractivity contribution is 6.35. The number of fused-ring (bicyclic) bond motifs is 1. The lowest BCUT2D eigenvalue weighted by molar-refractivity contribution is -0.153. The summed E-state index contributed by atoms with van der Waals surface area (Å²) in [5.41, 5.74) is 0.913. The molecule has 1 aliphatic rings. The van der Waals surface area contributed by atoms with E-state index in [0.717, 1.165) is 0 Å². The van der Waals surface area contributed by atoms with Gasteiger partial charge in [-0.3, -0.25) is 14.4 Å². The molecule has 2 aromatic rings. The Labute approximate surface area is 183 Å². The second kappa shape index (κ2) is 9.36. The molecular formula is C21H20Cl2N2O5. The van der Waals surface area contributed by atoms with Gasteiger partial charge in [0.25, 0.3) is 11.8 Å². The predicted octanol–water partition coefficient (Wildman–Crippen LogP) is 4.07. The van der Waals surface area contributed by atoms with Gasteiger partial charge in [0, 0.05) is 11.6 Å². The van der Waals surface area contributed by atoms with E-state index in [-0.39, 0.29) is 18.9 Å². The van der Waals surface area contributed by atoms with E-state index in [9.17, 15) is 14.4 Å². The molecule has 0 radical (unpaired) electrons. The quantitative estimate of drug-likeness (QED) is 0.670. The minimum atomic E-state index is -1.06. The second-order valence-corrected chi connectivity index (χ2v) is 7.56. The number of nitrogens with one attached hydrogen (secondary N) is 1.